The largest absolute Gasteiger partial charge is 0.504 e. The van der Waals surface area contributed by atoms with Crippen LogP contribution in [0.2, 0.25) is 0 Å². The molecule has 1 aliphatic rings. The van der Waals surface area contributed by atoms with E-state index in [1.54, 1.807) is 18.2 Å². The molecule has 1 aliphatic heterocycles. The van der Waals surface area contributed by atoms with Gasteiger partial charge in [-0.1, -0.05) is 6.07 Å². The quantitative estimate of drug-likeness (QED) is 0.784. The number of methoxy groups -OCH3 is 1. The summed E-state index contributed by atoms with van der Waals surface area (Å²) in [6, 6.07) is 5.00. The van der Waals surface area contributed by atoms with Gasteiger partial charge >= 0.3 is 0 Å². The van der Waals surface area contributed by atoms with Crippen LogP contribution in [-0.4, -0.2) is 49.8 Å². The fourth-order valence-electron chi connectivity index (χ4n) is 2.33. The van der Waals surface area contributed by atoms with Gasteiger partial charge in [-0.15, -0.1) is 0 Å². The van der Waals surface area contributed by atoms with Crippen LogP contribution in [0, 0.1) is 0 Å². The van der Waals surface area contributed by atoms with Crippen LogP contribution in [0.25, 0.3) is 0 Å². The summed E-state index contributed by atoms with van der Waals surface area (Å²) >= 11 is 0. The van der Waals surface area contributed by atoms with Crippen molar-refractivity contribution in [2.24, 2.45) is 5.14 Å². The summed E-state index contributed by atoms with van der Waals surface area (Å²) in [5.74, 6) is 0.196. The second-order valence-corrected chi connectivity index (χ2v) is 6.86. The van der Waals surface area contributed by atoms with Crippen LogP contribution in [-0.2, 0) is 21.2 Å². The summed E-state index contributed by atoms with van der Waals surface area (Å²) < 4.78 is 27.5. The van der Waals surface area contributed by atoms with Gasteiger partial charge in [0.2, 0.25) is 15.9 Å². The predicted molar refractivity (Wildman–Crippen MR) is 76.5 cm³/mol. The molecule has 21 heavy (non-hydrogen) atoms. The van der Waals surface area contributed by atoms with E-state index in [1.165, 1.54) is 12.0 Å². The second-order valence-electron chi connectivity index (χ2n) is 5.01. The Bertz CT molecular complexity index is 644. The molecule has 8 heteroatoms. The zero-order valence-electron chi connectivity index (χ0n) is 11.7. The third-order valence-electron chi connectivity index (χ3n) is 3.56. The average molecular weight is 314 g/mol. The molecule has 0 spiro atoms. The van der Waals surface area contributed by atoms with Crippen molar-refractivity contribution in [1.29, 1.82) is 0 Å². The highest BCUT2D eigenvalue weighted by molar-refractivity contribution is 7.89. The fourth-order valence-corrected chi connectivity index (χ4v) is 3.09. The third kappa shape index (κ3) is 3.64. The van der Waals surface area contributed by atoms with Crippen molar-refractivity contribution in [3.8, 4) is 11.5 Å². The van der Waals surface area contributed by atoms with Crippen molar-refractivity contribution in [3.05, 3.63) is 23.8 Å². The van der Waals surface area contributed by atoms with E-state index in [0.29, 0.717) is 18.7 Å². The van der Waals surface area contributed by atoms with Crippen molar-refractivity contribution in [2.75, 3.05) is 20.2 Å². The van der Waals surface area contributed by atoms with Gasteiger partial charge in [0.25, 0.3) is 0 Å². The van der Waals surface area contributed by atoms with E-state index in [4.69, 9.17) is 9.88 Å². The number of hydrogen-bond acceptors (Lipinski definition) is 5. The maximum absolute atomic E-state index is 11.8. The molecular formula is C13H18N2O5S. The summed E-state index contributed by atoms with van der Waals surface area (Å²) in [5, 5.41) is 13.9. The van der Waals surface area contributed by atoms with Crippen LogP contribution in [0.5, 0.6) is 11.5 Å². The van der Waals surface area contributed by atoms with Gasteiger partial charge in [-0.25, -0.2) is 13.6 Å². The third-order valence-corrected chi connectivity index (χ3v) is 4.80. The molecule has 1 fully saturated rings. The molecule has 0 aromatic heterocycles. The number of likely N-dealkylation sites (tertiary alicyclic amines) is 1. The molecule has 1 atom stereocenters. The highest BCUT2D eigenvalue weighted by atomic mass is 32.2. The van der Waals surface area contributed by atoms with E-state index < -0.39 is 15.3 Å². The number of carbonyl (C=O) groups excluding carboxylic acids is 1. The lowest BCUT2D eigenvalue weighted by Crippen LogP contribution is -2.33. The number of phenols is 1. The first-order chi connectivity index (χ1) is 9.81. The van der Waals surface area contributed by atoms with Crippen LogP contribution < -0.4 is 9.88 Å². The molecule has 0 saturated carbocycles. The number of benzene rings is 1. The minimum absolute atomic E-state index is 0.0326. The highest BCUT2D eigenvalue weighted by Crippen LogP contribution is 2.26. The molecule has 1 amide bonds. The lowest BCUT2D eigenvalue weighted by Gasteiger charge is -2.16. The fraction of sp³-hybridized carbons (Fsp3) is 0.462. The molecule has 0 radical (unpaired) electrons. The normalized spacial score (nSPS) is 19.0. The van der Waals surface area contributed by atoms with Gasteiger partial charge in [0, 0.05) is 19.5 Å². The van der Waals surface area contributed by atoms with Crippen LogP contribution in [0.1, 0.15) is 12.0 Å². The molecule has 1 heterocycles. The summed E-state index contributed by atoms with van der Waals surface area (Å²) in [6.45, 7) is 0.510. The molecular weight excluding hydrogens is 296 g/mol. The Morgan fingerprint density at radius 1 is 1.48 bits per heavy atom. The standard InChI is InChI=1S/C13H18N2O5S/c1-20-12-3-2-9(6-11(12)16)4-5-15-8-10(7-13(15)17)21(14,18)19/h2-3,6,10,16H,4-5,7-8H2,1H3,(H2,14,18,19). The van der Waals surface area contributed by atoms with E-state index in [0.717, 1.165) is 5.56 Å². The Hall–Kier alpha value is -1.80. The van der Waals surface area contributed by atoms with Crippen LogP contribution in [0.15, 0.2) is 18.2 Å². The Balaban J connectivity index is 1.97. The van der Waals surface area contributed by atoms with E-state index >= 15 is 0 Å². The number of ether oxygens (including phenoxy) is 1. The van der Waals surface area contributed by atoms with Gasteiger partial charge in [0.1, 0.15) is 5.25 Å². The SMILES string of the molecule is COc1ccc(CCN2CC(S(N)(=O)=O)CC2=O)cc1O. The predicted octanol–water partition coefficient (Wildman–Crippen LogP) is -0.167. The molecule has 1 aromatic rings. The first-order valence-corrected chi connectivity index (χ1v) is 8.07. The van der Waals surface area contributed by atoms with Crippen LogP contribution in [0.3, 0.4) is 0 Å². The number of sulfonamides is 1. The zero-order valence-corrected chi connectivity index (χ0v) is 12.5. The monoisotopic (exact) mass is 314 g/mol. The van der Waals surface area contributed by atoms with Gasteiger partial charge in [-0.3, -0.25) is 4.79 Å². The number of carbonyl (C=O) groups is 1. The van der Waals surface area contributed by atoms with Gasteiger partial charge < -0.3 is 14.7 Å². The van der Waals surface area contributed by atoms with Gasteiger partial charge in [-0.2, -0.15) is 0 Å². The van der Waals surface area contributed by atoms with Gasteiger partial charge in [-0.05, 0) is 24.1 Å². The van der Waals surface area contributed by atoms with Crippen LogP contribution in [0.4, 0.5) is 0 Å². The number of hydrogen-bond donors (Lipinski definition) is 2. The van der Waals surface area contributed by atoms with E-state index in [1.807, 2.05) is 0 Å². The summed E-state index contributed by atoms with van der Waals surface area (Å²) in [4.78, 5) is 13.2. The van der Waals surface area contributed by atoms with Gasteiger partial charge in [0.05, 0.1) is 7.11 Å². The molecule has 3 N–H and O–H groups in total. The number of nitrogens with zero attached hydrogens (tertiary/aromatic N) is 1. The average Bonchev–Trinajstić information content (AvgIpc) is 2.78. The van der Waals surface area contributed by atoms with Crippen molar-refractivity contribution in [2.45, 2.75) is 18.1 Å². The maximum Gasteiger partial charge on any atom is 0.224 e. The first kappa shape index (κ1) is 15.6. The van der Waals surface area contributed by atoms with Gasteiger partial charge in [0.15, 0.2) is 11.5 Å². The lowest BCUT2D eigenvalue weighted by molar-refractivity contribution is -0.127. The molecule has 116 valence electrons. The minimum Gasteiger partial charge on any atom is -0.504 e. The Morgan fingerprint density at radius 3 is 2.71 bits per heavy atom. The van der Waals surface area contributed by atoms with E-state index in [9.17, 15) is 18.3 Å². The van der Waals surface area contributed by atoms with Crippen molar-refractivity contribution in [3.63, 3.8) is 0 Å². The molecule has 0 aliphatic carbocycles. The number of rotatable bonds is 5. The zero-order chi connectivity index (χ0) is 15.6. The minimum atomic E-state index is -3.69. The van der Waals surface area contributed by atoms with Crippen molar-refractivity contribution in [1.82, 2.24) is 4.90 Å². The number of aromatic hydroxyl groups is 1. The van der Waals surface area contributed by atoms with Crippen molar-refractivity contribution < 1.29 is 23.1 Å². The molecule has 1 aromatic carbocycles. The van der Waals surface area contributed by atoms with Crippen LogP contribution >= 0.6 is 0 Å². The number of primary sulfonamides is 1. The molecule has 2 rings (SSSR count). The number of phenolic OH excluding ortho intramolecular Hbond substituents is 1. The van der Waals surface area contributed by atoms with Crippen molar-refractivity contribution >= 4 is 15.9 Å². The molecule has 0 bridgehead atoms. The maximum atomic E-state index is 11.8. The highest BCUT2D eigenvalue weighted by Gasteiger charge is 2.35. The lowest BCUT2D eigenvalue weighted by atomic mass is 10.1. The summed E-state index contributed by atoms with van der Waals surface area (Å²) in [7, 11) is -2.22. The molecule has 1 saturated heterocycles. The number of nitrogens with two attached hydrogens (primary N) is 1. The number of amides is 1. The van der Waals surface area contributed by atoms with E-state index in [-0.39, 0.29) is 24.6 Å². The summed E-state index contributed by atoms with van der Waals surface area (Å²) in [5.41, 5.74) is 0.833. The smallest absolute Gasteiger partial charge is 0.224 e. The Kier molecular flexibility index (Phi) is 4.38. The topological polar surface area (TPSA) is 110 Å². The second kappa shape index (κ2) is 5.90. The Morgan fingerprint density at radius 2 is 2.19 bits per heavy atom. The molecule has 1 unspecified atom stereocenters. The molecule has 7 nitrogen and oxygen atoms in total. The van der Waals surface area contributed by atoms with E-state index in [2.05, 4.69) is 0 Å². The Labute approximate surface area is 123 Å². The summed E-state index contributed by atoms with van der Waals surface area (Å²) in [6.07, 6.45) is 0.452. The first-order valence-electron chi connectivity index (χ1n) is 6.46.